The van der Waals surface area contributed by atoms with Crippen molar-refractivity contribution in [1.29, 1.82) is 0 Å². The molecular weight excluding hydrogens is 590 g/mol. The van der Waals surface area contributed by atoms with Gasteiger partial charge in [0.25, 0.3) is 0 Å². The predicted octanol–water partition coefficient (Wildman–Crippen LogP) is 5.17. The zero-order chi connectivity index (χ0) is 33.8. The summed E-state index contributed by atoms with van der Waals surface area (Å²) in [5, 5.41) is 10.9. The number of rotatable bonds is 8. The molecule has 2 aromatic rings. The summed E-state index contributed by atoms with van der Waals surface area (Å²) in [5.74, 6) is -2.56. The van der Waals surface area contributed by atoms with Crippen molar-refractivity contribution in [2.24, 2.45) is 17.3 Å². The Kier molecular flexibility index (Phi) is 8.50. The van der Waals surface area contributed by atoms with Crippen LogP contribution in [0.2, 0.25) is 0 Å². The maximum atomic E-state index is 15.2. The molecule has 3 amide bonds. The second kappa shape index (κ2) is 12.0. The van der Waals surface area contributed by atoms with E-state index in [1.54, 1.807) is 9.80 Å². The topological polar surface area (TPSA) is 90.4 Å². The number of amides is 3. The van der Waals surface area contributed by atoms with Crippen molar-refractivity contribution in [2.45, 2.75) is 89.6 Å². The van der Waals surface area contributed by atoms with Gasteiger partial charge in [0.05, 0.1) is 30.1 Å². The Morgan fingerprint density at radius 3 is 2.11 bits per heavy atom. The molecule has 4 aliphatic heterocycles. The van der Waals surface area contributed by atoms with Crippen LogP contribution in [0.4, 0.5) is 5.69 Å². The number of fused-ring (bicyclic) bond motifs is 2. The number of aliphatic hydroxyl groups is 1. The van der Waals surface area contributed by atoms with E-state index in [-0.39, 0.29) is 29.7 Å². The smallest absolute Gasteiger partial charge is 0.249 e. The summed E-state index contributed by atoms with van der Waals surface area (Å²) < 4.78 is 7.20. The van der Waals surface area contributed by atoms with Crippen molar-refractivity contribution >= 4 is 23.4 Å². The zero-order valence-corrected chi connectivity index (χ0v) is 28.6. The van der Waals surface area contributed by atoms with Crippen molar-refractivity contribution in [1.82, 2.24) is 9.80 Å². The van der Waals surface area contributed by atoms with Gasteiger partial charge in [-0.25, -0.2) is 0 Å². The van der Waals surface area contributed by atoms with Crippen molar-refractivity contribution in [3.63, 3.8) is 0 Å². The summed E-state index contributed by atoms with van der Waals surface area (Å²) in [6.07, 6.45) is 9.32. The molecule has 0 saturated carbocycles. The van der Waals surface area contributed by atoms with Gasteiger partial charge in [-0.3, -0.25) is 14.4 Å². The van der Waals surface area contributed by atoms with Gasteiger partial charge < -0.3 is 24.5 Å². The van der Waals surface area contributed by atoms with Crippen molar-refractivity contribution in [3.8, 4) is 0 Å². The summed E-state index contributed by atoms with van der Waals surface area (Å²) in [6, 6.07) is 17.4. The van der Waals surface area contributed by atoms with Crippen LogP contribution in [0.3, 0.4) is 0 Å². The van der Waals surface area contributed by atoms with Crippen LogP contribution in [-0.4, -0.2) is 81.1 Å². The summed E-state index contributed by atoms with van der Waals surface area (Å²) in [5.41, 5.74) is -1.40. The third-order valence-corrected chi connectivity index (χ3v) is 10.6. The lowest BCUT2D eigenvalue weighted by Gasteiger charge is -2.46. The molecular formula is C39H49N3O5. The largest absolute Gasteiger partial charge is 0.394 e. The number of carbonyl (C=O) groups is 3. The van der Waals surface area contributed by atoms with Gasteiger partial charge in [-0.15, -0.1) is 0 Å². The molecule has 2 fully saturated rings. The molecule has 6 atom stereocenters. The zero-order valence-electron chi connectivity index (χ0n) is 28.6. The van der Waals surface area contributed by atoms with Crippen LogP contribution in [0.1, 0.15) is 59.9 Å². The molecule has 6 rings (SSSR count). The Morgan fingerprint density at radius 2 is 1.49 bits per heavy atom. The number of benzene rings is 2. The lowest BCUT2D eigenvalue weighted by Crippen LogP contribution is -2.62. The van der Waals surface area contributed by atoms with E-state index in [0.717, 1.165) is 17.7 Å². The fraction of sp³-hybridized carbons (Fsp3) is 0.513. The molecule has 2 aromatic carbocycles. The minimum Gasteiger partial charge on any atom is -0.394 e. The number of carbonyl (C=O) groups excluding carboxylic acids is 3. The molecule has 0 radical (unpaired) electrons. The van der Waals surface area contributed by atoms with Crippen molar-refractivity contribution < 1.29 is 24.2 Å². The molecule has 2 saturated heterocycles. The number of hydrogen-bond acceptors (Lipinski definition) is 5. The first-order valence-electron chi connectivity index (χ1n) is 17.0. The Labute approximate surface area is 279 Å². The minimum absolute atomic E-state index is 0.0619. The van der Waals surface area contributed by atoms with Gasteiger partial charge in [-0.2, -0.15) is 0 Å². The van der Waals surface area contributed by atoms with Crippen LogP contribution in [0, 0.1) is 17.3 Å². The van der Waals surface area contributed by atoms with E-state index in [1.165, 1.54) is 0 Å². The van der Waals surface area contributed by atoms with Gasteiger partial charge >= 0.3 is 0 Å². The van der Waals surface area contributed by atoms with Crippen LogP contribution < -0.4 is 4.90 Å². The van der Waals surface area contributed by atoms with Crippen LogP contribution >= 0.6 is 0 Å². The molecule has 8 nitrogen and oxygen atoms in total. The van der Waals surface area contributed by atoms with Gasteiger partial charge in [-0.05, 0) is 56.2 Å². The first kappa shape index (κ1) is 33.2. The Balaban J connectivity index is 1.51. The minimum atomic E-state index is -1.40. The van der Waals surface area contributed by atoms with E-state index in [4.69, 9.17) is 4.74 Å². The highest BCUT2D eigenvalue weighted by molar-refractivity contribution is 6.04. The second-order valence-electron chi connectivity index (χ2n) is 15.5. The fourth-order valence-corrected chi connectivity index (χ4v) is 9.01. The highest BCUT2D eigenvalue weighted by Gasteiger charge is 2.76. The first-order valence-corrected chi connectivity index (χ1v) is 17.0. The summed E-state index contributed by atoms with van der Waals surface area (Å²) in [6.45, 7) is 13.0. The average molecular weight is 640 g/mol. The number of anilines is 1. The van der Waals surface area contributed by atoms with Gasteiger partial charge in [-0.1, -0.05) is 101 Å². The SMILES string of the molecule is CC[C@@]12C=CCN(c3ccccc3)C(=O)[C@@H]1[C@H]1C(=O)N([C@@H](CO)Cc3ccccc3)C3C(=O)N(C(C)(C)CC(C)(C)C)CC=C[C@@]31O2. The van der Waals surface area contributed by atoms with Crippen molar-refractivity contribution in [3.05, 3.63) is 90.5 Å². The maximum Gasteiger partial charge on any atom is 0.249 e. The third kappa shape index (κ3) is 5.53. The average Bonchev–Trinajstić information content (AvgIpc) is 3.32. The highest BCUT2D eigenvalue weighted by Crippen LogP contribution is 2.59. The lowest BCUT2D eigenvalue weighted by molar-refractivity contribution is -0.159. The number of likely N-dealkylation sites (tertiary alicyclic amines) is 1. The molecule has 47 heavy (non-hydrogen) atoms. The summed E-state index contributed by atoms with van der Waals surface area (Å²) in [7, 11) is 0. The maximum absolute atomic E-state index is 15.2. The van der Waals surface area contributed by atoms with Crippen LogP contribution in [0.15, 0.2) is 85.0 Å². The Morgan fingerprint density at radius 1 is 0.851 bits per heavy atom. The Hall–Kier alpha value is -3.75. The van der Waals surface area contributed by atoms with E-state index < -0.39 is 40.7 Å². The number of ether oxygens (including phenoxy) is 1. The van der Waals surface area contributed by atoms with E-state index in [2.05, 4.69) is 34.6 Å². The van der Waals surface area contributed by atoms with E-state index in [9.17, 15) is 9.90 Å². The number of para-hydroxylation sites is 1. The molecule has 250 valence electrons. The monoisotopic (exact) mass is 639 g/mol. The van der Waals surface area contributed by atoms with Gasteiger partial charge in [0.15, 0.2) is 0 Å². The molecule has 8 heteroatoms. The van der Waals surface area contributed by atoms with E-state index in [1.807, 2.05) is 96.8 Å². The molecule has 1 spiro atoms. The third-order valence-electron chi connectivity index (χ3n) is 10.6. The van der Waals surface area contributed by atoms with Crippen LogP contribution in [-0.2, 0) is 25.5 Å². The van der Waals surface area contributed by atoms with Gasteiger partial charge in [0.1, 0.15) is 11.6 Å². The Bertz CT molecular complexity index is 1560. The molecule has 0 bridgehead atoms. The number of hydrogen-bond donors (Lipinski definition) is 1. The fourth-order valence-electron chi connectivity index (χ4n) is 9.01. The molecule has 4 aliphatic rings. The van der Waals surface area contributed by atoms with Crippen molar-refractivity contribution in [2.75, 3.05) is 24.6 Å². The lowest BCUT2D eigenvalue weighted by atomic mass is 9.72. The molecule has 4 heterocycles. The molecule has 1 N–H and O–H groups in total. The van der Waals surface area contributed by atoms with E-state index >= 15 is 9.59 Å². The number of nitrogens with zero attached hydrogens (tertiary/aromatic N) is 3. The normalized spacial score (nSPS) is 29.8. The first-order chi connectivity index (χ1) is 22.3. The van der Waals surface area contributed by atoms with Gasteiger partial charge in [0.2, 0.25) is 17.7 Å². The van der Waals surface area contributed by atoms with Gasteiger partial charge in [0, 0.05) is 24.3 Å². The van der Waals surface area contributed by atoms with Crippen LogP contribution in [0.25, 0.3) is 0 Å². The molecule has 0 aliphatic carbocycles. The molecule has 1 unspecified atom stereocenters. The summed E-state index contributed by atoms with van der Waals surface area (Å²) in [4.78, 5) is 50.3. The standard InChI is InChI=1S/C39H49N3O5/c1-7-38-20-14-22-40(28-18-12-9-13-19-28)33(44)30(38)31-34(45)42(29(25-43)24-27-16-10-8-11-17-27)32-35(46)41(23-15-21-39(31,32)47-38)37(5,6)26-36(2,3)4/h8-21,29-32,43H,7,22-26H2,1-6H3/t29-,30+,31+,32?,38-,39+/m1/s1. The molecule has 0 aromatic heterocycles. The second-order valence-corrected chi connectivity index (χ2v) is 15.5. The summed E-state index contributed by atoms with van der Waals surface area (Å²) >= 11 is 0. The van der Waals surface area contributed by atoms with Crippen LogP contribution in [0.5, 0.6) is 0 Å². The quantitative estimate of drug-likeness (QED) is 0.403. The predicted molar refractivity (Wildman–Crippen MR) is 182 cm³/mol. The number of aliphatic hydroxyl groups excluding tert-OH is 1. The highest BCUT2D eigenvalue weighted by atomic mass is 16.5. The van der Waals surface area contributed by atoms with E-state index in [0.29, 0.717) is 25.9 Å².